The number of halogens is 2. The largest absolute Gasteiger partial charge is 0.309 e. The average molecular weight is 313 g/mol. The van der Waals surface area contributed by atoms with Crippen molar-refractivity contribution in [3.63, 3.8) is 0 Å². The molecule has 3 aromatic rings. The third-order valence-electron chi connectivity index (χ3n) is 3.16. The van der Waals surface area contributed by atoms with E-state index in [1.807, 2.05) is 30.3 Å². The van der Waals surface area contributed by atoms with Gasteiger partial charge in [-0.3, -0.25) is 4.79 Å². The molecular weight excluding hydrogens is 300 g/mol. The SMILES string of the molecule is O=C(Cc1cc(F)cc(F)c1)Nc1ccn(-c2ccccc2)n1. The molecule has 0 saturated heterocycles. The number of carbonyl (C=O) groups is 1. The normalized spacial score (nSPS) is 10.5. The summed E-state index contributed by atoms with van der Waals surface area (Å²) in [5.41, 5.74) is 1.13. The van der Waals surface area contributed by atoms with E-state index in [1.54, 1.807) is 16.9 Å². The maximum absolute atomic E-state index is 13.1. The Hall–Kier alpha value is -3.02. The van der Waals surface area contributed by atoms with Crippen LogP contribution in [0.2, 0.25) is 0 Å². The number of nitrogens with one attached hydrogen (secondary N) is 1. The lowest BCUT2D eigenvalue weighted by Crippen LogP contribution is -2.15. The summed E-state index contributed by atoms with van der Waals surface area (Å²) < 4.78 is 27.8. The average Bonchev–Trinajstić information content (AvgIpc) is 2.95. The van der Waals surface area contributed by atoms with E-state index in [1.165, 1.54) is 0 Å². The van der Waals surface area contributed by atoms with Crippen molar-refractivity contribution in [1.29, 1.82) is 0 Å². The van der Waals surface area contributed by atoms with Crippen LogP contribution < -0.4 is 5.32 Å². The van der Waals surface area contributed by atoms with Crippen LogP contribution in [0.1, 0.15) is 5.56 Å². The molecule has 3 rings (SSSR count). The fourth-order valence-corrected chi connectivity index (χ4v) is 2.20. The molecule has 0 fully saturated rings. The van der Waals surface area contributed by atoms with E-state index >= 15 is 0 Å². The highest BCUT2D eigenvalue weighted by Crippen LogP contribution is 2.12. The van der Waals surface area contributed by atoms with Crippen LogP contribution >= 0.6 is 0 Å². The smallest absolute Gasteiger partial charge is 0.229 e. The van der Waals surface area contributed by atoms with E-state index in [0.29, 0.717) is 5.82 Å². The lowest BCUT2D eigenvalue weighted by molar-refractivity contribution is -0.115. The standard InChI is InChI=1S/C17H13F2N3O/c18-13-8-12(9-14(19)11-13)10-17(23)20-16-6-7-22(21-16)15-4-2-1-3-5-15/h1-9,11H,10H2,(H,20,21,23). The zero-order valence-electron chi connectivity index (χ0n) is 12.0. The summed E-state index contributed by atoms with van der Waals surface area (Å²) >= 11 is 0. The van der Waals surface area contributed by atoms with Crippen LogP contribution in [-0.4, -0.2) is 15.7 Å². The van der Waals surface area contributed by atoms with Gasteiger partial charge >= 0.3 is 0 Å². The maximum atomic E-state index is 13.1. The number of nitrogens with zero attached hydrogens (tertiary/aromatic N) is 2. The lowest BCUT2D eigenvalue weighted by atomic mass is 10.1. The van der Waals surface area contributed by atoms with E-state index in [4.69, 9.17) is 0 Å². The van der Waals surface area contributed by atoms with Crippen molar-refractivity contribution in [3.05, 3.63) is 78.0 Å². The zero-order chi connectivity index (χ0) is 16.2. The first-order chi connectivity index (χ1) is 11.1. The van der Waals surface area contributed by atoms with E-state index in [0.717, 1.165) is 23.9 Å². The molecule has 0 radical (unpaired) electrons. The number of anilines is 1. The molecule has 1 aromatic heterocycles. The molecule has 0 aliphatic heterocycles. The summed E-state index contributed by atoms with van der Waals surface area (Å²) in [6, 6.07) is 14.1. The Bertz CT molecular complexity index is 811. The lowest BCUT2D eigenvalue weighted by Gasteiger charge is -2.03. The second-order valence-corrected chi connectivity index (χ2v) is 4.98. The summed E-state index contributed by atoms with van der Waals surface area (Å²) in [5, 5.41) is 6.84. The predicted molar refractivity (Wildman–Crippen MR) is 82.3 cm³/mol. The van der Waals surface area contributed by atoms with E-state index in [2.05, 4.69) is 10.4 Å². The number of amides is 1. The minimum Gasteiger partial charge on any atom is -0.309 e. The van der Waals surface area contributed by atoms with Crippen LogP contribution in [0.15, 0.2) is 60.8 Å². The molecule has 0 bridgehead atoms. The van der Waals surface area contributed by atoms with Gasteiger partial charge in [-0.25, -0.2) is 13.5 Å². The monoisotopic (exact) mass is 313 g/mol. The number of benzene rings is 2. The molecule has 23 heavy (non-hydrogen) atoms. The van der Waals surface area contributed by atoms with Gasteiger partial charge in [-0.15, -0.1) is 0 Å². The second kappa shape index (κ2) is 6.39. The first kappa shape index (κ1) is 14.9. The summed E-state index contributed by atoms with van der Waals surface area (Å²) in [6.07, 6.45) is 1.58. The summed E-state index contributed by atoms with van der Waals surface area (Å²) in [7, 11) is 0. The summed E-state index contributed by atoms with van der Waals surface area (Å²) in [4.78, 5) is 11.9. The van der Waals surface area contributed by atoms with Crippen molar-refractivity contribution in [2.45, 2.75) is 6.42 Å². The Morgan fingerprint density at radius 2 is 1.74 bits per heavy atom. The van der Waals surface area contributed by atoms with Gasteiger partial charge in [0.05, 0.1) is 12.1 Å². The van der Waals surface area contributed by atoms with Crippen LogP contribution in [0.4, 0.5) is 14.6 Å². The van der Waals surface area contributed by atoms with Crippen molar-refractivity contribution >= 4 is 11.7 Å². The Kier molecular flexibility index (Phi) is 4.14. The third-order valence-corrected chi connectivity index (χ3v) is 3.16. The molecule has 0 spiro atoms. The molecule has 2 aromatic carbocycles. The number of carbonyl (C=O) groups excluding carboxylic acids is 1. The van der Waals surface area contributed by atoms with Crippen LogP contribution in [0, 0.1) is 11.6 Å². The molecule has 0 unspecified atom stereocenters. The molecule has 0 saturated carbocycles. The fourth-order valence-electron chi connectivity index (χ4n) is 2.20. The summed E-state index contributed by atoms with van der Waals surface area (Å²) in [6.45, 7) is 0. The molecule has 4 nitrogen and oxygen atoms in total. The Balaban J connectivity index is 1.68. The van der Waals surface area contributed by atoms with E-state index < -0.39 is 17.5 Å². The van der Waals surface area contributed by atoms with Crippen molar-refractivity contribution in [1.82, 2.24) is 9.78 Å². The zero-order valence-corrected chi connectivity index (χ0v) is 12.0. The Labute approximate surface area is 131 Å². The first-order valence-electron chi connectivity index (χ1n) is 6.96. The minimum absolute atomic E-state index is 0.132. The molecular formula is C17H13F2N3O. The maximum Gasteiger partial charge on any atom is 0.229 e. The highest BCUT2D eigenvalue weighted by molar-refractivity contribution is 5.91. The number of hydrogen-bond donors (Lipinski definition) is 1. The highest BCUT2D eigenvalue weighted by atomic mass is 19.1. The first-order valence-corrected chi connectivity index (χ1v) is 6.96. The quantitative estimate of drug-likeness (QED) is 0.803. The van der Waals surface area contributed by atoms with Crippen molar-refractivity contribution < 1.29 is 13.6 Å². The molecule has 1 N–H and O–H groups in total. The van der Waals surface area contributed by atoms with Crippen molar-refractivity contribution in [3.8, 4) is 5.69 Å². The van der Waals surface area contributed by atoms with Gasteiger partial charge < -0.3 is 5.32 Å². The van der Waals surface area contributed by atoms with E-state index in [-0.39, 0.29) is 12.0 Å². The van der Waals surface area contributed by atoms with Crippen molar-refractivity contribution in [2.75, 3.05) is 5.32 Å². The predicted octanol–water partition coefficient (Wildman–Crippen LogP) is 3.33. The van der Waals surface area contributed by atoms with Crippen molar-refractivity contribution in [2.24, 2.45) is 0 Å². The molecule has 6 heteroatoms. The third kappa shape index (κ3) is 3.79. The van der Waals surface area contributed by atoms with Gasteiger partial charge in [0.1, 0.15) is 11.6 Å². The molecule has 0 aliphatic rings. The van der Waals surface area contributed by atoms with Gasteiger partial charge in [-0.1, -0.05) is 18.2 Å². The fraction of sp³-hybridized carbons (Fsp3) is 0.0588. The van der Waals surface area contributed by atoms with Gasteiger partial charge in [0.2, 0.25) is 5.91 Å². The van der Waals surface area contributed by atoms with Gasteiger partial charge in [0, 0.05) is 18.3 Å². The molecule has 116 valence electrons. The summed E-state index contributed by atoms with van der Waals surface area (Å²) in [5.74, 6) is -1.44. The molecule has 0 aliphatic carbocycles. The topological polar surface area (TPSA) is 46.9 Å². The number of aromatic nitrogens is 2. The molecule has 1 heterocycles. The minimum atomic E-state index is -0.707. The number of rotatable bonds is 4. The van der Waals surface area contributed by atoms with Gasteiger partial charge in [-0.05, 0) is 29.8 Å². The highest BCUT2D eigenvalue weighted by Gasteiger charge is 2.09. The van der Waals surface area contributed by atoms with Crippen LogP contribution in [0.3, 0.4) is 0 Å². The van der Waals surface area contributed by atoms with Crippen LogP contribution in [-0.2, 0) is 11.2 Å². The van der Waals surface area contributed by atoms with Gasteiger partial charge in [0.15, 0.2) is 5.82 Å². The number of hydrogen-bond acceptors (Lipinski definition) is 2. The van der Waals surface area contributed by atoms with Crippen LogP contribution in [0.5, 0.6) is 0 Å². The van der Waals surface area contributed by atoms with Crippen LogP contribution in [0.25, 0.3) is 5.69 Å². The molecule has 1 amide bonds. The molecule has 0 atom stereocenters. The van der Waals surface area contributed by atoms with E-state index in [9.17, 15) is 13.6 Å². The second-order valence-electron chi connectivity index (χ2n) is 4.98. The number of para-hydroxylation sites is 1. The Morgan fingerprint density at radius 1 is 1.04 bits per heavy atom. The van der Waals surface area contributed by atoms with Gasteiger partial charge in [-0.2, -0.15) is 5.10 Å². The Morgan fingerprint density at radius 3 is 2.43 bits per heavy atom. The van der Waals surface area contributed by atoms with Gasteiger partial charge in [0.25, 0.3) is 0 Å².